The minimum absolute atomic E-state index is 0.314. The fourth-order valence-corrected chi connectivity index (χ4v) is 2.66. The van der Waals surface area contributed by atoms with E-state index in [-0.39, 0.29) is 0 Å². The Morgan fingerprint density at radius 1 is 1.58 bits per heavy atom. The summed E-state index contributed by atoms with van der Waals surface area (Å²) in [7, 11) is 1.95. The number of fused-ring (bicyclic) bond motifs is 1. The first-order chi connectivity index (χ1) is 5.79. The number of nitrogens with one attached hydrogen (secondary N) is 2. The van der Waals surface area contributed by atoms with Gasteiger partial charge in [0.1, 0.15) is 5.50 Å². The summed E-state index contributed by atoms with van der Waals surface area (Å²) in [6.45, 7) is 0. The number of hydrogen-bond acceptors (Lipinski definition) is 3. The highest BCUT2D eigenvalue weighted by Crippen LogP contribution is 2.38. The molecule has 1 unspecified atom stereocenters. The van der Waals surface area contributed by atoms with E-state index in [1.54, 1.807) is 11.8 Å². The fourth-order valence-electron chi connectivity index (χ4n) is 1.14. The van der Waals surface area contributed by atoms with Gasteiger partial charge in [-0.05, 0) is 25.2 Å². The van der Waals surface area contributed by atoms with Gasteiger partial charge in [0, 0.05) is 15.1 Å². The maximum absolute atomic E-state index is 3.45. The molecule has 0 saturated carbocycles. The van der Waals surface area contributed by atoms with E-state index >= 15 is 0 Å². The van der Waals surface area contributed by atoms with Crippen LogP contribution in [-0.4, -0.2) is 12.5 Å². The van der Waals surface area contributed by atoms with Gasteiger partial charge in [-0.15, -0.1) is 0 Å². The van der Waals surface area contributed by atoms with Crippen molar-refractivity contribution < 1.29 is 0 Å². The summed E-state index contributed by atoms with van der Waals surface area (Å²) < 4.78 is 1.13. The minimum Gasteiger partial charge on any atom is -0.360 e. The molecule has 1 aromatic carbocycles. The van der Waals surface area contributed by atoms with Crippen molar-refractivity contribution in [2.75, 3.05) is 12.4 Å². The predicted octanol–water partition coefficient (Wildman–Crippen LogP) is 2.47. The molecule has 1 aliphatic heterocycles. The highest BCUT2D eigenvalue weighted by Gasteiger charge is 2.18. The molecule has 0 bridgehead atoms. The summed E-state index contributed by atoms with van der Waals surface area (Å²) in [5, 5.41) is 6.51. The van der Waals surface area contributed by atoms with Crippen LogP contribution in [0.1, 0.15) is 0 Å². The lowest BCUT2D eigenvalue weighted by Crippen LogP contribution is -2.25. The molecular formula is C8H9BrN2S. The first-order valence-corrected chi connectivity index (χ1v) is 5.37. The van der Waals surface area contributed by atoms with Crippen molar-refractivity contribution in [2.45, 2.75) is 10.4 Å². The van der Waals surface area contributed by atoms with Crippen molar-refractivity contribution in [1.82, 2.24) is 5.32 Å². The molecule has 1 aliphatic rings. The number of halogens is 1. The summed E-state index contributed by atoms with van der Waals surface area (Å²) in [6, 6.07) is 6.26. The van der Waals surface area contributed by atoms with Gasteiger partial charge in [0.2, 0.25) is 0 Å². The molecule has 4 heteroatoms. The van der Waals surface area contributed by atoms with Crippen LogP contribution in [0.15, 0.2) is 27.6 Å². The second kappa shape index (κ2) is 3.28. The molecule has 12 heavy (non-hydrogen) atoms. The number of hydrogen-bond donors (Lipinski definition) is 2. The summed E-state index contributed by atoms with van der Waals surface area (Å²) in [4.78, 5) is 1.30. The van der Waals surface area contributed by atoms with E-state index < -0.39 is 0 Å². The van der Waals surface area contributed by atoms with Gasteiger partial charge in [-0.2, -0.15) is 0 Å². The normalized spacial score (nSPS) is 20.3. The Kier molecular flexibility index (Phi) is 2.30. The van der Waals surface area contributed by atoms with Crippen LogP contribution in [0.3, 0.4) is 0 Å². The van der Waals surface area contributed by atoms with Crippen LogP contribution in [0.5, 0.6) is 0 Å². The first-order valence-electron chi connectivity index (χ1n) is 3.69. The zero-order valence-corrected chi connectivity index (χ0v) is 9.00. The maximum atomic E-state index is 3.45. The molecule has 1 atom stereocenters. The molecule has 0 saturated heterocycles. The second-order valence-corrected chi connectivity index (χ2v) is 4.63. The Labute approximate surface area is 84.2 Å². The van der Waals surface area contributed by atoms with Crippen LogP contribution in [0.2, 0.25) is 0 Å². The third kappa shape index (κ3) is 1.46. The van der Waals surface area contributed by atoms with Crippen molar-refractivity contribution in [1.29, 1.82) is 0 Å². The van der Waals surface area contributed by atoms with E-state index in [1.165, 1.54) is 10.6 Å². The fraction of sp³-hybridized carbons (Fsp3) is 0.250. The SMILES string of the molecule is CNC1Nc2ccc(Br)cc2S1. The van der Waals surface area contributed by atoms with E-state index in [9.17, 15) is 0 Å². The maximum Gasteiger partial charge on any atom is 0.130 e. The number of thioether (sulfide) groups is 1. The largest absolute Gasteiger partial charge is 0.360 e. The zero-order valence-electron chi connectivity index (χ0n) is 6.60. The standard InChI is InChI=1S/C8H9BrN2S/c1-10-8-11-6-3-2-5(9)4-7(6)12-8/h2-4,8,10-11H,1H3. The molecule has 1 heterocycles. The highest BCUT2D eigenvalue weighted by molar-refractivity contribution is 9.10. The van der Waals surface area contributed by atoms with Crippen LogP contribution >= 0.6 is 27.7 Å². The smallest absolute Gasteiger partial charge is 0.130 e. The van der Waals surface area contributed by atoms with Gasteiger partial charge in [-0.25, -0.2) is 0 Å². The molecule has 1 aromatic rings. The Morgan fingerprint density at radius 3 is 3.17 bits per heavy atom. The molecule has 0 amide bonds. The Morgan fingerprint density at radius 2 is 2.42 bits per heavy atom. The lowest BCUT2D eigenvalue weighted by atomic mass is 10.3. The topological polar surface area (TPSA) is 24.1 Å². The summed E-state index contributed by atoms with van der Waals surface area (Å²) in [5.41, 5.74) is 1.52. The lowest BCUT2D eigenvalue weighted by molar-refractivity contribution is 0.828. The molecule has 2 nitrogen and oxygen atoms in total. The van der Waals surface area contributed by atoms with E-state index in [2.05, 4.69) is 38.7 Å². The van der Waals surface area contributed by atoms with Gasteiger partial charge in [0.15, 0.2) is 0 Å². The summed E-state index contributed by atoms with van der Waals surface area (Å²) in [6.07, 6.45) is 0. The van der Waals surface area contributed by atoms with Crippen molar-refractivity contribution >= 4 is 33.4 Å². The lowest BCUT2D eigenvalue weighted by Gasteiger charge is -2.06. The number of anilines is 1. The third-order valence-corrected chi connectivity index (χ3v) is 3.41. The van der Waals surface area contributed by atoms with Crippen LogP contribution < -0.4 is 10.6 Å². The third-order valence-electron chi connectivity index (χ3n) is 1.74. The van der Waals surface area contributed by atoms with Gasteiger partial charge in [-0.3, -0.25) is 5.32 Å². The zero-order chi connectivity index (χ0) is 8.55. The molecule has 0 fully saturated rings. The van der Waals surface area contributed by atoms with Gasteiger partial charge in [-0.1, -0.05) is 27.7 Å². The van der Waals surface area contributed by atoms with Gasteiger partial charge >= 0.3 is 0 Å². The highest BCUT2D eigenvalue weighted by atomic mass is 79.9. The molecular weight excluding hydrogens is 236 g/mol. The Balaban J connectivity index is 2.30. The molecule has 0 aliphatic carbocycles. The van der Waals surface area contributed by atoms with Crippen molar-refractivity contribution in [3.63, 3.8) is 0 Å². The van der Waals surface area contributed by atoms with Crippen LogP contribution in [-0.2, 0) is 0 Å². The van der Waals surface area contributed by atoms with Crippen molar-refractivity contribution in [3.05, 3.63) is 22.7 Å². The number of rotatable bonds is 1. The number of benzene rings is 1. The monoisotopic (exact) mass is 244 g/mol. The second-order valence-electron chi connectivity index (χ2n) is 2.57. The molecule has 0 radical (unpaired) electrons. The van der Waals surface area contributed by atoms with Gasteiger partial charge < -0.3 is 5.32 Å². The van der Waals surface area contributed by atoms with Crippen LogP contribution in [0.4, 0.5) is 5.69 Å². The quantitative estimate of drug-likeness (QED) is 0.794. The molecule has 0 spiro atoms. The van der Waals surface area contributed by atoms with Crippen molar-refractivity contribution in [2.24, 2.45) is 0 Å². The molecule has 2 N–H and O–H groups in total. The summed E-state index contributed by atoms with van der Waals surface area (Å²) in [5.74, 6) is 0. The molecule has 0 aromatic heterocycles. The molecule has 64 valence electrons. The average Bonchev–Trinajstić information content (AvgIpc) is 2.46. The van der Waals surface area contributed by atoms with Gasteiger partial charge in [0.05, 0.1) is 0 Å². The minimum atomic E-state index is 0.314. The van der Waals surface area contributed by atoms with Crippen LogP contribution in [0, 0.1) is 0 Å². The first kappa shape index (κ1) is 8.41. The van der Waals surface area contributed by atoms with Crippen LogP contribution in [0.25, 0.3) is 0 Å². The predicted molar refractivity (Wildman–Crippen MR) is 56.5 cm³/mol. The van der Waals surface area contributed by atoms with Crippen molar-refractivity contribution in [3.8, 4) is 0 Å². The molecule has 2 rings (SSSR count). The van der Waals surface area contributed by atoms with E-state index in [0.29, 0.717) is 5.50 Å². The van der Waals surface area contributed by atoms with Gasteiger partial charge in [0.25, 0.3) is 0 Å². The summed E-state index contributed by atoms with van der Waals surface area (Å²) >= 11 is 5.24. The van der Waals surface area contributed by atoms with E-state index in [4.69, 9.17) is 0 Å². The Hall–Kier alpha value is -0.190. The average molecular weight is 245 g/mol. The Bertz CT molecular complexity index is 303. The van der Waals surface area contributed by atoms with E-state index in [0.717, 1.165) is 4.47 Å². The van der Waals surface area contributed by atoms with E-state index in [1.807, 2.05) is 13.1 Å².